The molecule has 6 heterocycles. The van der Waals surface area contributed by atoms with E-state index >= 15 is 0 Å². The predicted octanol–water partition coefficient (Wildman–Crippen LogP) is 2.39. The van der Waals surface area contributed by atoms with E-state index in [2.05, 4.69) is 38.4 Å². The quantitative estimate of drug-likeness (QED) is 0.542. The largest absolute Gasteiger partial charge is 0.461 e. The lowest BCUT2D eigenvalue weighted by Crippen LogP contribution is -2.64. The summed E-state index contributed by atoms with van der Waals surface area (Å²) in [6, 6.07) is 5.70. The van der Waals surface area contributed by atoms with Crippen molar-refractivity contribution in [2.24, 2.45) is 0 Å². The van der Waals surface area contributed by atoms with E-state index in [9.17, 15) is 13.6 Å². The number of hydrogen-bond donors (Lipinski definition) is 2. The number of carbonyl (C=O) groups is 1. The molecule has 6 aliphatic rings. The fourth-order valence-corrected chi connectivity index (χ4v) is 9.05. The standard InChI is InChI=1S/C32H41F2N7O3/c1-39-16-23-26(14-32(39)10-7-22-24(32)5-2-6-25(22)34)37-29(44-18-30-8-3-12-41(30)15-21(33)13-30)38-27(23)40-11-4-9-31(17-40)28(42)35-19-43-20-36-31/h2,5-6,21,36H,3-4,7-20H2,1H3,(H,35,42)/t21-,30+,31-,32+/m1/s1. The van der Waals surface area contributed by atoms with Gasteiger partial charge in [0.25, 0.3) is 0 Å². The highest BCUT2D eigenvalue weighted by Crippen LogP contribution is 2.49. The summed E-state index contributed by atoms with van der Waals surface area (Å²) < 4.78 is 41.4. The Morgan fingerprint density at radius 1 is 1.14 bits per heavy atom. The molecule has 1 amide bonds. The molecule has 0 saturated carbocycles. The minimum absolute atomic E-state index is 0.0674. The van der Waals surface area contributed by atoms with Crippen LogP contribution in [0.3, 0.4) is 0 Å². The molecule has 2 spiro atoms. The van der Waals surface area contributed by atoms with Gasteiger partial charge in [0, 0.05) is 44.6 Å². The van der Waals surface area contributed by atoms with Gasteiger partial charge in [-0.25, -0.2) is 8.78 Å². The number of amides is 1. The molecule has 8 rings (SSSR count). The fraction of sp³-hybridized carbons (Fsp3) is 0.656. The minimum Gasteiger partial charge on any atom is -0.461 e. The lowest BCUT2D eigenvalue weighted by molar-refractivity contribution is -0.127. The van der Waals surface area contributed by atoms with Gasteiger partial charge in [0.2, 0.25) is 5.91 Å². The number of piperidine rings is 1. The van der Waals surface area contributed by atoms with Crippen LogP contribution in [0.1, 0.15) is 60.9 Å². The van der Waals surface area contributed by atoms with Crippen LogP contribution in [0.5, 0.6) is 6.01 Å². The Morgan fingerprint density at radius 3 is 2.93 bits per heavy atom. The van der Waals surface area contributed by atoms with Crippen LogP contribution in [0.25, 0.3) is 0 Å². The van der Waals surface area contributed by atoms with Crippen LogP contribution in [0.15, 0.2) is 18.2 Å². The van der Waals surface area contributed by atoms with E-state index in [0.717, 1.165) is 67.0 Å². The first-order valence-electron chi connectivity index (χ1n) is 16.1. The molecule has 2 N–H and O–H groups in total. The zero-order valence-corrected chi connectivity index (χ0v) is 25.3. The number of aromatic nitrogens is 2. The summed E-state index contributed by atoms with van der Waals surface area (Å²) in [7, 11) is 2.10. The van der Waals surface area contributed by atoms with E-state index in [1.54, 1.807) is 12.1 Å². The number of hydrogen-bond acceptors (Lipinski definition) is 9. The lowest BCUT2D eigenvalue weighted by Gasteiger charge is -2.46. The van der Waals surface area contributed by atoms with Crippen LogP contribution in [-0.4, -0.2) is 96.2 Å². The Balaban J connectivity index is 1.17. The number of nitrogens with one attached hydrogen (secondary N) is 2. The molecule has 2 aromatic rings. The van der Waals surface area contributed by atoms with Gasteiger partial charge in [0.05, 0.1) is 23.5 Å². The Morgan fingerprint density at radius 2 is 2.02 bits per heavy atom. The van der Waals surface area contributed by atoms with Crippen molar-refractivity contribution >= 4 is 11.7 Å². The van der Waals surface area contributed by atoms with Crippen LogP contribution >= 0.6 is 0 Å². The first-order chi connectivity index (χ1) is 21.3. The fourth-order valence-electron chi connectivity index (χ4n) is 9.05. The van der Waals surface area contributed by atoms with Crippen molar-refractivity contribution in [2.75, 3.05) is 58.2 Å². The maximum absolute atomic E-state index is 14.9. The van der Waals surface area contributed by atoms with E-state index in [1.165, 1.54) is 0 Å². The number of rotatable bonds is 4. The van der Waals surface area contributed by atoms with Gasteiger partial charge in [-0.15, -0.1) is 0 Å². The van der Waals surface area contributed by atoms with Crippen LogP contribution in [0, 0.1) is 5.82 Å². The molecule has 236 valence electrons. The molecule has 5 aliphatic heterocycles. The average Bonchev–Trinajstić information content (AvgIpc) is 3.63. The van der Waals surface area contributed by atoms with Gasteiger partial charge in [-0.2, -0.15) is 9.97 Å². The van der Waals surface area contributed by atoms with Crippen molar-refractivity contribution < 1.29 is 23.0 Å². The summed E-state index contributed by atoms with van der Waals surface area (Å²) in [5.74, 6) is 0.562. The van der Waals surface area contributed by atoms with Gasteiger partial charge in [-0.1, -0.05) is 12.1 Å². The maximum Gasteiger partial charge on any atom is 0.318 e. The number of ether oxygens (including phenoxy) is 2. The summed E-state index contributed by atoms with van der Waals surface area (Å²) in [6.45, 7) is 3.93. The third kappa shape index (κ3) is 4.43. The molecule has 10 nitrogen and oxygen atoms in total. The molecule has 0 bridgehead atoms. The smallest absolute Gasteiger partial charge is 0.318 e. The van der Waals surface area contributed by atoms with Gasteiger partial charge in [0.1, 0.15) is 36.7 Å². The second-order valence-corrected chi connectivity index (χ2v) is 13.7. The molecular formula is C32H41F2N7O3. The van der Waals surface area contributed by atoms with Crippen LogP contribution in [0.4, 0.5) is 14.6 Å². The number of fused-ring (bicyclic) bond motifs is 4. The second kappa shape index (κ2) is 10.6. The second-order valence-electron chi connectivity index (χ2n) is 13.7. The normalized spacial score (nSPS) is 33.8. The highest BCUT2D eigenvalue weighted by atomic mass is 19.1. The number of likely N-dealkylation sites (N-methyl/N-ethyl adjacent to an activating group) is 1. The zero-order chi connectivity index (χ0) is 30.1. The van der Waals surface area contributed by atoms with Crippen molar-refractivity contribution in [3.8, 4) is 6.01 Å². The topological polar surface area (TPSA) is 95.1 Å². The van der Waals surface area contributed by atoms with E-state index in [1.807, 2.05) is 0 Å². The highest BCUT2D eigenvalue weighted by Gasteiger charge is 2.51. The molecule has 44 heavy (non-hydrogen) atoms. The molecule has 4 fully saturated rings. The number of alkyl halides is 1. The van der Waals surface area contributed by atoms with Crippen molar-refractivity contribution in [1.29, 1.82) is 0 Å². The molecule has 1 aromatic carbocycles. The SMILES string of the molecule is CN1Cc2c(nc(OC[C@@]34CCCN3C[C@H](F)C4)nc2N2CCC[C@]3(C2)NCOCNC3=O)C[C@]12CCc1c(F)cccc12. The van der Waals surface area contributed by atoms with Gasteiger partial charge >= 0.3 is 6.01 Å². The van der Waals surface area contributed by atoms with Crippen molar-refractivity contribution in [1.82, 2.24) is 30.4 Å². The first-order valence-corrected chi connectivity index (χ1v) is 16.1. The van der Waals surface area contributed by atoms with Gasteiger partial charge in [-0.05, 0) is 69.3 Å². The van der Waals surface area contributed by atoms with Crippen molar-refractivity contribution in [3.63, 3.8) is 0 Å². The Kier molecular flexibility index (Phi) is 6.86. The first kappa shape index (κ1) is 28.5. The minimum atomic E-state index is -0.844. The summed E-state index contributed by atoms with van der Waals surface area (Å²) in [6.07, 6.45) is 5.16. The number of nitrogens with zero attached hydrogens (tertiary/aromatic N) is 5. The van der Waals surface area contributed by atoms with Gasteiger partial charge < -0.3 is 19.7 Å². The Hall–Kier alpha value is -2.93. The zero-order valence-electron chi connectivity index (χ0n) is 25.3. The molecule has 1 aliphatic carbocycles. The molecule has 12 heteroatoms. The van der Waals surface area contributed by atoms with Crippen molar-refractivity contribution in [3.05, 3.63) is 46.4 Å². The number of benzene rings is 1. The maximum atomic E-state index is 14.9. The van der Waals surface area contributed by atoms with E-state index < -0.39 is 11.7 Å². The van der Waals surface area contributed by atoms with Crippen LogP contribution in [0.2, 0.25) is 0 Å². The molecule has 0 radical (unpaired) electrons. The summed E-state index contributed by atoms with van der Waals surface area (Å²) in [5, 5.41) is 6.26. The Labute approximate surface area is 256 Å². The molecule has 0 unspecified atom stereocenters. The molecule has 4 atom stereocenters. The van der Waals surface area contributed by atoms with Gasteiger partial charge in [0.15, 0.2) is 0 Å². The monoisotopic (exact) mass is 609 g/mol. The highest BCUT2D eigenvalue weighted by molar-refractivity contribution is 5.87. The molecule has 4 saturated heterocycles. The summed E-state index contributed by atoms with van der Waals surface area (Å²) in [4.78, 5) is 30.1. The van der Waals surface area contributed by atoms with Crippen LogP contribution < -0.4 is 20.3 Å². The third-order valence-corrected chi connectivity index (χ3v) is 11.3. The lowest BCUT2D eigenvalue weighted by atomic mass is 9.80. The summed E-state index contributed by atoms with van der Waals surface area (Å²) in [5.41, 5.74) is 2.26. The number of carbonyl (C=O) groups excluding carboxylic acids is 1. The average molecular weight is 610 g/mol. The molecular weight excluding hydrogens is 568 g/mol. The van der Waals surface area contributed by atoms with Crippen molar-refractivity contribution in [2.45, 2.75) is 80.7 Å². The Bertz CT molecular complexity index is 1480. The number of halogens is 2. The van der Waals surface area contributed by atoms with E-state index in [-0.39, 0.29) is 36.3 Å². The third-order valence-electron chi connectivity index (χ3n) is 11.3. The number of anilines is 1. The van der Waals surface area contributed by atoms with Crippen LogP contribution in [-0.2, 0) is 34.5 Å². The summed E-state index contributed by atoms with van der Waals surface area (Å²) >= 11 is 0. The molecule has 1 aromatic heterocycles. The van der Waals surface area contributed by atoms with E-state index in [4.69, 9.17) is 19.4 Å². The predicted molar refractivity (Wildman–Crippen MR) is 158 cm³/mol. The van der Waals surface area contributed by atoms with E-state index in [0.29, 0.717) is 57.9 Å². The van der Waals surface area contributed by atoms with Gasteiger partial charge in [-0.3, -0.25) is 19.9 Å².